The Morgan fingerprint density at radius 2 is 1.68 bits per heavy atom. The van der Waals surface area contributed by atoms with Crippen LogP contribution >= 0.6 is 0 Å². The van der Waals surface area contributed by atoms with Crippen LogP contribution in [0.25, 0.3) is 11.6 Å². The second kappa shape index (κ2) is 16.2. The summed E-state index contributed by atoms with van der Waals surface area (Å²) in [5.41, 5.74) is 9.82. The van der Waals surface area contributed by atoms with Gasteiger partial charge in [-0.2, -0.15) is 5.10 Å². The zero-order valence-electron chi connectivity index (χ0n) is 25.6. The SMILES string of the molecule is C=C1/C=C\C=C/C(CC)c2c1ccc(C1C=Cc3ccccc3N1/N=C/C=C\C)c2C.C=C1C=CC=CC1.CCC. The third-order valence-electron chi connectivity index (χ3n) is 7.12. The van der Waals surface area contributed by atoms with Gasteiger partial charge in [0.25, 0.3) is 0 Å². The van der Waals surface area contributed by atoms with Crippen LogP contribution in [0.15, 0.2) is 127 Å². The summed E-state index contributed by atoms with van der Waals surface area (Å²) in [6.45, 7) is 18.9. The van der Waals surface area contributed by atoms with Gasteiger partial charge >= 0.3 is 0 Å². The summed E-state index contributed by atoms with van der Waals surface area (Å²) in [5.74, 6) is 0.372. The molecule has 0 spiro atoms. The van der Waals surface area contributed by atoms with Crippen LogP contribution in [0.5, 0.6) is 0 Å². The first-order chi connectivity index (χ1) is 20.0. The van der Waals surface area contributed by atoms with E-state index >= 15 is 0 Å². The van der Waals surface area contributed by atoms with Gasteiger partial charge in [-0.1, -0.05) is 143 Å². The van der Waals surface area contributed by atoms with E-state index < -0.39 is 0 Å². The van der Waals surface area contributed by atoms with Crippen molar-refractivity contribution in [2.75, 3.05) is 5.01 Å². The van der Waals surface area contributed by atoms with Gasteiger partial charge in [0.2, 0.25) is 0 Å². The zero-order chi connectivity index (χ0) is 29.6. The summed E-state index contributed by atoms with van der Waals surface area (Å²) in [6.07, 6.45) is 30.5. The Morgan fingerprint density at radius 1 is 0.927 bits per heavy atom. The molecule has 1 heterocycles. The molecule has 0 bridgehead atoms. The second-order valence-corrected chi connectivity index (χ2v) is 10.4. The standard InChI is InChI=1S/C29H30N2.C7H8.C3H8/c1-5-7-20-30-31-27-15-11-10-14-24(27)16-19-28(31)26-18-17-25-21(3)12-8-9-13-23(6-2)29(25)22(26)4;1-7-5-3-2-4-6-7;1-3-2/h5,7-20,23,28H,3,6H2,1-2,4H3;2-5H,1,6H2;3H2,1-2H3/b7-5-,12-8-,13-9-,30-20+;;. The third-order valence-corrected chi connectivity index (χ3v) is 7.12. The summed E-state index contributed by atoms with van der Waals surface area (Å²) in [7, 11) is 0. The van der Waals surface area contributed by atoms with Gasteiger partial charge in [0, 0.05) is 12.1 Å². The highest BCUT2D eigenvalue weighted by molar-refractivity contribution is 5.79. The molecule has 1 aliphatic heterocycles. The molecule has 0 N–H and O–H groups in total. The van der Waals surface area contributed by atoms with Crippen LogP contribution in [0.3, 0.4) is 0 Å². The number of hydrogen-bond donors (Lipinski definition) is 0. The molecule has 0 radical (unpaired) electrons. The normalized spacial score (nSPS) is 20.4. The maximum Gasteiger partial charge on any atom is 0.0962 e. The Hall–Kier alpha value is -4.17. The van der Waals surface area contributed by atoms with Crippen molar-refractivity contribution < 1.29 is 0 Å². The molecule has 2 aromatic carbocycles. The molecule has 2 unspecified atom stereocenters. The van der Waals surface area contributed by atoms with E-state index in [4.69, 9.17) is 5.10 Å². The summed E-state index contributed by atoms with van der Waals surface area (Å²) >= 11 is 0. The molecule has 2 heteroatoms. The summed E-state index contributed by atoms with van der Waals surface area (Å²) < 4.78 is 0. The van der Waals surface area contributed by atoms with Gasteiger partial charge in [-0.3, -0.25) is 5.01 Å². The first kappa shape index (κ1) is 31.4. The molecule has 2 aliphatic carbocycles. The highest BCUT2D eigenvalue weighted by atomic mass is 15.5. The molecule has 5 rings (SSSR count). The highest BCUT2D eigenvalue weighted by Gasteiger charge is 2.27. The van der Waals surface area contributed by atoms with E-state index in [2.05, 4.69) is 125 Å². The van der Waals surface area contributed by atoms with Gasteiger partial charge in [-0.05, 0) is 72.2 Å². The third kappa shape index (κ3) is 8.17. The molecule has 2 atom stereocenters. The van der Waals surface area contributed by atoms with Crippen LogP contribution in [0.1, 0.15) is 86.7 Å². The number of fused-ring (bicyclic) bond motifs is 2. The number of allylic oxidation sites excluding steroid dienone is 12. The van der Waals surface area contributed by atoms with Gasteiger partial charge in [-0.15, -0.1) is 0 Å². The van der Waals surface area contributed by atoms with Crippen molar-refractivity contribution in [2.45, 2.75) is 65.8 Å². The summed E-state index contributed by atoms with van der Waals surface area (Å²) in [4.78, 5) is 0. The Morgan fingerprint density at radius 3 is 2.34 bits per heavy atom. The zero-order valence-corrected chi connectivity index (χ0v) is 25.6. The van der Waals surface area contributed by atoms with Crippen LogP contribution in [0.4, 0.5) is 5.69 Å². The number of para-hydroxylation sites is 1. The minimum atomic E-state index is 0.0393. The van der Waals surface area contributed by atoms with Gasteiger partial charge in [0.05, 0.1) is 11.7 Å². The van der Waals surface area contributed by atoms with E-state index in [1.165, 1.54) is 39.8 Å². The fourth-order valence-corrected chi connectivity index (χ4v) is 5.11. The minimum Gasteiger partial charge on any atom is -0.254 e. The van der Waals surface area contributed by atoms with Crippen LogP contribution in [-0.2, 0) is 0 Å². The fraction of sp³-hybridized carbons (Fsp3) is 0.256. The molecule has 0 fully saturated rings. The quantitative estimate of drug-likeness (QED) is 0.351. The topological polar surface area (TPSA) is 15.6 Å². The predicted octanol–water partition coefficient (Wildman–Crippen LogP) is 11.2. The first-order valence-electron chi connectivity index (χ1n) is 14.9. The van der Waals surface area contributed by atoms with Crippen molar-refractivity contribution in [1.29, 1.82) is 0 Å². The van der Waals surface area contributed by atoms with Crippen LogP contribution in [0, 0.1) is 6.92 Å². The average molecular weight is 543 g/mol. The van der Waals surface area contributed by atoms with E-state index in [1.54, 1.807) is 0 Å². The average Bonchev–Trinajstić information content (AvgIpc) is 2.98. The lowest BCUT2D eigenvalue weighted by Gasteiger charge is -2.34. The van der Waals surface area contributed by atoms with Crippen LogP contribution in [0.2, 0.25) is 0 Å². The van der Waals surface area contributed by atoms with E-state index in [-0.39, 0.29) is 6.04 Å². The van der Waals surface area contributed by atoms with E-state index in [1.807, 2.05) is 43.5 Å². The van der Waals surface area contributed by atoms with Crippen molar-refractivity contribution >= 4 is 23.6 Å². The number of nitrogens with zero attached hydrogens (tertiary/aromatic N) is 2. The number of anilines is 1. The molecule has 41 heavy (non-hydrogen) atoms. The Labute approximate surface area is 248 Å². The van der Waals surface area contributed by atoms with Gasteiger partial charge in [0.1, 0.15) is 0 Å². The molecule has 0 saturated carbocycles. The number of hydrazone groups is 1. The maximum absolute atomic E-state index is 4.84. The molecule has 2 aromatic rings. The lowest BCUT2D eigenvalue weighted by atomic mass is 9.81. The van der Waals surface area contributed by atoms with Gasteiger partial charge in [-0.25, -0.2) is 0 Å². The Bertz CT molecular complexity index is 1410. The van der Waals surface area contributed by atoms with Gasteiger partial charge < -0.3 is 0 Å². The molecule has 0 aromatic heterocycles. The van der Waals surface area contributed by atoms with Crippen molar-refractivity contribution in [3.05, 3.63) is 150 Å². The Kier molecular flexibility index (Phi) is 12.4. The lowest BCUT2D eigenvalue weighted by molar-refractivity contribution is 0.740. The van der Waals surface area contributed by atoms with Gasteiger partial charge in [0.15, 0.2) is 0 Å². The molecule has 212 valence electrons. The van der Waals surface area contributed by atoms with Crippen molar-refractivity contribution in [1.82, 2.24) is 0 Å². The summed E-state index contributed by atoms with van der Waals surface area (Å²) in [6, 6.07) is 13.0. The lowest BCUT2D eigenvalue weighted by Crippen LogP contribution is -2.26. The molecular weight excluding hydrogens is 496 g/mol. The number of benzene rings is 2. The second-order valence-electron chi connectivity index (χ2n) is 10.4. The van der Waals surface area contributed by atoms with Crippen LogP contribution in [-0.4, -0.2) is 6.21 Å². The first-order valence-corrected chi connectivity index (χ1v) is 14.9. The van der Waals surface area contributed by atoms with E-state index in [9.17, 15) is 0 Å². The minimum absolute atomic E-state index is 0.0393. The Balaban J connectivity index is 0.000000393. The molecule has 0 saturated heterocycles. The molecule has 2 nitrogen and oxygen atoms in total. The van der Waals surface area contributed by atoms with Crippen molar-refractivity contribution in [2.24, 2.45) is 5.10 Å². The van der Waals surface area contributed by atoms with Crippen molar-refractivity contribution in [3.63, 3.8) is 0 Å². The van der Waals surface area contributed by atoms with E-state index in [0.717, 1.165) is 24.1 Å². The van der Waals surface area contributed by atoms with E-state index in [0.29, 0.717) is 5.92 Å². The smallest absolute Gasteiger partial charge is 0.0962 e. The highest BCUT2D eigenvalue weighted by Crippen LogP contribution is 2.41. The van der Waals surface area contributed by atoms with Crippen molar-refractivity contribution in [3.8, 4) is 0 Å². The molecule has 0 amide bonds. The monoisotopic (exact) mass is 542 g/mol. The van der Waals surface area contributed by atoms with Crippen LogP contribution < -0.4 is 5.01 Å². The summed E-state index contributed by atoms with van der Waals surface area (Å²) in [5, 5.41) is 6.98. The molecule has 3 aliphatic rings. The maximum atomic E-state index is 4.84. The predicted molar refractivity (Wildman–Crippen MR) is 184 cm³/mol. The number of rotatable bonds is 4. The molecular formula is C39H46N2. The largest absolute Gasteiger partial charge is 0.254 e. The fourth-order valence-electron chi connectivity index (χ4n) is 5.11. The number of hydrogen-bond acceptors (Lipinski definition) is 2.